The molecule has 2 aromatic carbocycles. The molecule has 0 saturated heterocycles. The second kappa shape index (κ2) is 17.4. The van der Waals surface area contributed by atoms with Gasteiger partial charge in [0.1, 0.15) is 11.5 Å². The Kier molecular flexibility index (Phi) is 16.4. The van der Waals surface area contributed by atoms with Gasteiger partial charge < -0.3 is 19.3 Å². The standard InChI is InChI=1S/2C15H25NO.CH4/c2*1-6-15(12(2)11-16(3)4)13-8-7-9-14(10-13)17-5;/h2*7-10,12,15H,6,11H2,1-5H3;1H4/t12-,15+;;/m0../s1. The minimum atomic E-state index is 0. The first-order valence-corrected chi connectivity index (χ1v) is 12.7. The van der Waals surface area contributed by atoms with Gasteiger partial charge >= 0.3 is 0 Å². The van der Waals surface area contributed by atoms with Crippen LogP contribution in [0.15, 0.2) is 48.5 Å². The molecule has 2 rings (SSSR count). The van der Waals surface area contributed by atoms with Crippen LogP contribution in [0.5, 0.6) is 11.5 Å². The van der Waals surface area contributed by atoms with Gasteiger partial charge in [0, 0.05) is 13.1 Å². The predicted molar refractivity (Wildman–Crippen MR) is 154 cm³/mol. The minimum absolute atomic E-state index is 0. The molecule has 0 bridgehead atoms. The summed E-state index contributed by atoms with van der Waals surface area (Å²) < 4.78 is 10.6. The van der Waals surface area contributed by atoms with E-state index < -0.39 is 0 Å². The summed E-state index contributed by atoms with van der Waals surface area (Å²) in [6, 6.07) is 16.9. The molecule has 0 radical (unpaired) electrons. The smallest absolute Gasteiger partial charge is 0.119 e. The molecule has 4 nitrogen and oxygen atoms in total. The van der Waals surface area contributed by atoms with Crippen LogP contribution in [0.4, 0.5) is 0 Å². The summed E-state index contributed by atoms with van der Waals surface area (Å²) in [6.45, 7) is 11.4. The van der Waals surface area contributed by atoms with E-state index in [2.05, 4.69) is 102 Å². The molecule has 4 heteroatoms. The van der Waals surface area contributed by atoms with Gasteiger partial charge in [0.15, 0.2) is 0 Å². The number of methoxy groups -OCH3 is 2. The van der Waals surface area contributed by atoms with E-state index in [9.17, 15) is 0 Å². The molecule has 2 unspecified atom stereocenters. The van der Waals surface area contributed by atoms with E-state index >= 15 is 0 Å². The molecule has 0 aliphatic rings. The Bertz CT molecular complexity index is 739. The van der Waals surface area contributed by atoms with E-state index in [1.165, 1.54) is 24.0 Å². The van der Waals surface area contributed by atoms with Crippen molar-refractivity contribution in [3.05, 3.63) is 59.7 Å². The molecule has 0 saturated carbocycles. The monoisotopic (exact) mass is 486 g/mol. The van der Waals surface area contributed by atoms with Crippen LogP contribution in [-0.4, -0.2) is 65.3 Å². The molecule has 4 atom stereocenters. The van der Waals surface area contributed by atoms with Crippen LogP contribution in [0.25, 0.3) is 0 Å². The molecule has 0 aliphatic carbocycles. The average molecular weight is 487 g/mol. The topological polar surface area (TPSA) is 24.9 Å². The summed E-state index contributed by atoms with van der Waals surface area (Å²) in [5, 5.41) is 0. The van der Waals surface area contributed by atoms with Crippen LogP contribution in [0.3, 0.4) is 0 Å². The average Bonchev–Trinajstić information content (AvgIpc) is 2.80. The molecule has 2 aromatic rings. The number of benzene rings is 2. The van der Waals surface area contributed by atoms with E-state index in [0.29, 0.717) is 23.7 Å². The number of hydrogen-bond donors (Lipinski definition) is 0. The van der Waals surface area contributed by atoms with Gasteiger partial charge in [-0.15, -0.1) is 0 Å². The normalized spacial score (nSPS) is 14.3. The highest BCUT2D eigenvalue weighted by atomic mass is 16.5. The second-order valence-electron chi connectivity index (χ2n) is 10.1. The van der Waals surface area contributed by atoms with Crippen molar-refractivity contribution in [1.29, 1.82) is 0 Å². The molecule has 0 amide bonds. The Balaban J connectivity index is 0.000000642. The third-order valence-corrected chi connectivity index (χ3v) is 6.60. The van der Waals surface area contributed by atoms with Crippen LogP contribution in [-0.2, 0) is 0 Å². The highest BCUT2D eigenvalue weighted by Gasteiger charge is 2.19. The van der Waals surface area contributed by atoms with Crippen molar-refractivity contribution in [2.45, 2.75) is 59.8 Å². The Morgan fingerprint density at radius 2 is 1.00 bits per heavy atom. The van der Waals surface area contributed by atoms with Crippen LogP contribution < -0.4 is 9.47 Å². The SMILES string of the molecule is C.CCC(c1cccc(OC)c1)C(C)CN(C)C.CC[C@@H](c1cccc(OC)c1)[C@@H](C)CN(C)C. The summed E-state index contributed by atoms with van der Waals surface area (Å²) >= 11 is 0. The zero-order valence-electron chi connectivity index (χ0n) is 23.5. The zero-order valence-corrected chi connectivity index (χ0v) is 23.5. The first kappa shape index (κ1) is 33.0. The molecule has 0 spiro atoms. The van der Waals surface area contributed by atoms with Gasteiger partial charge in [0.2, 0.25) is 0 Å². The molecule has 0 aromatic heterocycles. The molecule has 0 heterocycles. The third kappa shape index (κ3) is 11.5. The van der Waals surface area contributed by atoms with E-state index in [0.717, 1.165) is 24.6 Å². The number of nitrogens with zero attached hydrogens (tertiary/aromatic N) is 2. The van der Waals surface area contributed by atoms with Crippen molar-refractivity contribution >= 4 is 0 Å². The number of rotatable bonds is 12. The van der Waals surface area contributed by atoms with Crippen LogP contribution in [0, 0.1) is 11.8 Å². The third-order valence-electron chi connectivity index (χ3n) is 6.60. The van der Waals surface area contributed by atoms with E-state index in [-0.39, 0.29) is 7.43 Å². The number of ether oxygens (including phenoxy) is 2. The summed E-state index contributed by atoms with van der Waals surface area (Å²) in [5.74, 6) is 4.43. The Labute approximate surface area is 217 Å². The first-order valence-electron chi connectivity index (χ1n) is 12.7. The van der Waals surface area contributed by atoms with Gasteiger partial charge in [-0.1, -0.05) is 59.4 Å². The lowest BCUT2D eigenvalue weighted by atomic mass is 9.85. The summed E-state index contributed by atoms with van der Waals surface area (Å²) in [5.41, 5.74) is 2.78. The molecular weight excluding hydrogens is 432 g/mol. The molecule has 0 aliphatic heterocycles. The highest BCUT2D eigenvalue weighted by molar-refractivity contribution is 5.32. The van der Waals surface area contributed by atoms with Gasteiger partial charge in [-0.05, 0) is 100 Å². The van der Waals surface area contributed by atoms with Gasteiger partial charge in [0.05, 0.1) is 14.2 Å². The maximum atomic E-state index is 5.30. The lowest BCUT2D eigenvalue weighted by Gasteiger charge is -2.26. The quantitative estimate of drug-likeness (QED) is 0.312. The van der Waals surface area contributed by atoms with Gasteiger partial charge in [-0.2, -0.15) is 0 Å². The van der Waals surface area contributed by atoms with Crippen molar-refractivity contribution in [2.24, 2.45) is 11.8 Å². The van der Waals surface area contributed by atoms with E-state index in [4.69, 9.17) is 9.47 Å². The Morgan fingerprint density at radius 1 is 0.657 bits per heavy atom. The largest absolute Gasteiger partial charge is 0.497 e. The summed E-state index contributed by atoms with van der Waals surface area (Å²) in [7, 11) is 12.0. The maximum Gasteiger partial charge on any atom is 0.119 e. The lowest BCUT2D eigenvalue weighted by molar-refractivity contribution is 0.301. The lowest BCUT2D eigenvalue weighted by Crippen LogP contribution is -2.24. The fourth-order valence-corrected chi connectivity index (χ4v) is 5.08. The van der Waals surface area contributed by atoms with Gasteiger partial charge in [0.25, 0.3) is 0 Å². The molecule has 200 valence electrons. The molecule has 35 heavy (non-hydrogen) atoms. The Morgan fingerprint density at radius 3 is 1.26 bits per heavy atom. The molecule has 0 N–H and O–H groups in total. The van der Waals surface area contributed by atoms with Crippen LogP contribution in [0.1, 0.15) is 70.9 Å². The van der Waals surface area contributed by atoms with E-state index in [1.807, 2.05) is 12.1 Å². The first-order chi connectivity index (χ1) is 16.2. The highest BCUT2D eigenvalue weighted by Crippen LogP contribution is 2.31. The van der Waals surface area contributed by atoms with Crippen LogP contribution >= 0.6 is 0 Å². The molecular formula is C31H54N2O2. The maximum absolute atomic E-state index is 5.30. The van der Waals surface area contributed by atoms with Crippen LogP contribution in [0.2, 0.25) is 0 Å². The fourth-order valence-electron chi connectivity index (χ4n) is 5.08. The van der Waals surface area contributed by atoms with Crippen molar-refractivity contribution < 1.29 is 9.47 Å². The van der Waals surface area contributed by atoms with Crippen molar-refractivity contribution in [3.8, 4) is 11.5 Å². The number of hydrogen-bond acceptors (Lipinski definition) is 4. The fraction of sp³-hybridized carbons (Fsp3) is 0.613. The predicted octanol–water partition coefficient (Wildman–Crippen LogP) is 7.41. The van der Waals surface area contributed by atoms with Gasteiger partial charge in [-0.3, -0.25) is 0 Å². The Hall–Kier alpha value is -2.04. The summed E-state index contributed by atoms with van der Waals surface area (Å²) in [6.07, 6.45) is 2.34. The molecule has 0 fully saturated rings. The van der Waals surface area contributed by atoms with Crippen molar-refractivity contribution in [2.75, 3.05) is 55.5 Å². The van der Waals surface area contributed by atoms with Gasteiger partial charge in [-0.25, -0.2) is 0 Å². The summed E-state index contributed by atoms with van der Waals surface area (Å²) in [4.78, 5) is 4.51. The zero-order chi connectivity index (χ0) is 25.7. The van der Waals surface area contributed by atoms with E-state index in [1.54, 1.807) is 14.2 Å². The van der Waals surface area contributed by atoms with Crippen molar-refractivity contribution in [1.82, 2.24) is 9.80 Å². The second-order valence-corrected chi connectivity index (χ2v) is 10.1. The van der Waals surface area contributed by atoms with Crippen molar-refractivity contribution in [3.63, 3.8) is 0 Å². The minimum Gasteiger partial charge on any atom is -0.497 e.